The molecular weight excluding hydrogens is 318 g/mol. The van der Waals surface area contributed by atoms with Crippen molar-refractivity contribution in [2.24, 2.45) is 0 Å². The van der Waals surface area contributed by atoms with Gasteiger partial charge in [0.1, 0.15) is 0 Å². The number of nitrogens with zero attached hydrogens (tertiary/aromatic N) is 2. The van der Waals surface area contributed by atoms with Gasteiger partial charge in [-0.1, -0.05) is 6.07 Å². The minimum absolute atomic E-state index is 0.0190. The molecule has 0 aliphatic heterocycles. The fraction of sp³-hybridized carbons (Fsp3) is 0.263. The third-order valence-corrected chi connectivity index (χ3v) is 5.12. The quantitative estimate of drug-likeness (QED) is 0.718. The van der Waals surface area contributed by atoms with E-state index in [1.54, 1.807) is 24.2 Å². The molecule has 0 spiro atoms. The minimum Gasteiger partial charge on any atom is -0.322 e. The van der Waals surface area contributed by atoms with Crippen molar-refractivity contribution in [3.8, 4) is 0 Å². The van der Waals surface area contributed by atoms with E-state index in [1.165, 1.54) is 5.56 Å². The van der Waals surface area contributed by atoms with Crippen LogP contribution in [0, 0.1) is 0 Å². The zero-order valence-electron chi connectivity index (χ0n) is 14.1. The molecule has 0 aliphatic carbocycles. The fourth-order valence-corrected chi connectivity index (χ4v) is 3.21. The van der Waals surface area contributed by atoms with Crippen molar-refractivity contribution in [3.05, 3.63) is 70.3 Å². The number of hydrogen-bond acceptors (Lipinski definition) is 4. The van der Waals surface area contributed by atoms with Crippen LogP contribution in [-0.4, -0.2) is 28.2 Å². The highest BCUT2D eigenvalue weighted by Gasteiger charge is 2.14. The zero-order chi connectivity index (χ0) is 17.1. The van der Waals surface area contributed by atoms with Crippen LogP contribution in [-0.2, 0) is 6.54 Å². The summed E-state index contributed by atoms with van der Waals surface area (Å²) >= 11 is 1.67. The molecule has 2 heterocycles. The van der Waals surface area contributed by atoms with E-state index in [-0.39, 0.29) is 11.6 Å². The molecule has 0 saturated heterocycles. The van der Waals surface area contributed by atoms with Gasteiger partial charge < -0.3 is 4.98 Å². The van der Waals surface area contributed by atoms with Gasteiger partial charge in [-0.15, -0.1) is 11.8 Å². The Bertz CT molecular complexity index is 892. The maximum Gasteiger partial charge on any atom is 0.252 e. The Kier molecular flexibility index (Phi) is 5.02. The van der Waals surface area contributed by atoms with Crippen LogP contribution in [0.25, 0.3) is 10.9 Å². The standard InChI is InChI=1S/C19H21N3OS/c1-13(14-6-8-20-9-7-14)22(2)12-16-10-15-4-5-17(24-3)11-18(15)21-19(16)23/h4-11,13H,12H2,1-3H3,(H,21,23). The summed E-state index contributed by atoms with van der Waals surface area (Å²) in [6.45, 7) is 2.73. The molecule has 2 aromatic heterocycles. The highest BCUT2D eigenvalue weighted by molar-refractivity contribution is 7.98. The van der Waals surface area contributed by atoms with E-state index < -0.39 is 0 Å². The van der Waals surface area contributed by atoms with Gasteiger partial charge in [-0.25, -0.2) is 0 Å². The number of fused-ring (bicyclic) bond motifs is 1. The lowest BCUT2D eigenvalue weighted by Gasteiger charge is -2.24. The number of H-pyrrole nitrogens is 1. The average Bonchev–Trinajstić information content (AvgIpc) is 2.62. The summed E-state index contributed by atoms with van der Waals surface area (Å²) in [5, 5.41) is 1.06. The lowest BCUT2D eigenvalue weighted by Crippen LogP contribution is -2.26. The van der Waals surface area contributed by atoms with E-state index in [2.05, 4.69) is 33.9 Å². The molecule has 0 fully saturated rings. The molecule has 0 saturated carbocycles. The third-order valence-electron chi connectivity index (χ3n) is 4.40. The second kappa shape index (κ2) is 7.20. The Morgan fingerprint density at radius 3 is 2.67 bits per heavy atom. The molecule has 1 unspecified atom stereocenters. The molecule has 4 nitrogen and oxygen atoms in total. The molecule has 5 heteroatoms. The van der Waals surface area contributed by atoms with Crippen molar-refractivity contribution in [3.63, 3.8) is 0 Å². The molecule has 1 aromatic carbocycles. The molecular formula is C19H21N3OS. The smallest absolute Gasteiger partial charge is 0.252 e. The van der Waals surface area contributed by atoms with E-state index in [0.717, 1.165) is 21.4 Å². The first-order chi connectivity index (χ1) is 11.6. The predicted octanol–water partition coefficient (Wildman–Crippen LogP) is 3.84. The summed E-state index contributed by atoms with van der Waals surface area (Å²) in [7, 11) is 2.03. The molecule has 0 bridgehead atoms. The SMILES string of the molecule is CSc1ccc2cc(CN(C)C(C)c3ccncc3)c(=O)[nH]c2c1. The first-order valence-corrected chi connectivity index (χ1v) is 9.11. The summed E-state index contributed by atoms with van der Waals surface area (Å²) in [5.74, 6) is 0. The van der Waals surface area contributed by atoms with E-state index in [9.17, 15) is 4.79 Å². The van der Waals surface area contributed by atoms with Crippen LogP contribution in [0.3, 0.4) is 0 Å². The first kappa shape index (κ1) is 16.7. The van der Waals surface area contributed by atoms with Crippen molar-refractivity contribution in [2.45, 2.75) is 24.4 Å². The average molecular weight is 339 g/mol. The van der Waals surface area contributed by atoms with Gasteiger partial charge in [0.2, 0.25) is 0 Å². The van der Waals surface area contributed by atoms with E-state index in [1.807, 2.05) is 37.6 Å². The molecule has 0 amide bonds. The monoisotopic (exact) mass is 339 g/mol. The molecule has 0 aliphatic rings. The Labute approximate surface area is 145 Å². The van der Waals surface area contributed by atoms with Gasteiger partial charge in [0, 0.05) is 41.0 Å². The molecule has 24 heavy (non-hydrogen) atoms. The highest BCUT2D eigenvalue weighted by atomic mass is 32.2. The van der Waals surface area contributed by atoms with Crippen LogP contribution >= 0.6 is 11.8 Å². The Morgan fingerprint density at radius 1 is 1.21 bits per heavy atom. The largest absolute Gasteiger partial charge is 0.322 e. The number of rotatable bonds is 5. The summed E-state index contributed by atoms with van der Waals surface area (Å²) in [5.41, 5.74) is 2.84. The molecule has 3 aromatic rings. The Morgan fingerprint density at radius 2 is 1.96 bits per heavy atom. The van der Waals surface area contributed by atoms with Crippen molar-refractivity contribution < 1.29 is 0 Å². The Balaban J connectivity index is 1.87. The number of aromatic amines is 1. The van der Waals surface area contributed by atoms with E-state index in [0.29, 0.717) is 6.54 Å². The highest BCUT2D eigenvalue weighted by Crippen LogP contribution is 2.22. The van der Waals surface area contributed by atoms with Gasteiger partial charge >= 0.3 is 0 Å². The molecule has 1 N–H and O–H groups in total. The Hall–Kier alpha value is -2.11. The summed E-state index contributed by atoms with van der Waals surface area (Å²) in [4.78, 5) is 22.8. The number of pyridine rings is 2. The van der Waals surface area contributed by atoms with E-state index in [4.69, 9.17) is 0 Å². The number of benzene rings is 1. The predicted molar refractivity (Wildman–Crippen MR) is 100 cm³/mol. The number of hydrogen-bond donors (Lipinski definition) is 1. The fourth-order valence-electron chi connectivity index (χ4n) is 2.77. The first-order valence-electron chi connectivity index (χ1n) is 7.88. The van der Waals surface area contributed by atoms with E-state index >= 15 is 0 Å². The number of thioether (sulfide) groups is 1. The van der Waals surface area contributed by atoms with Crippen LogP contribution in [0.2, 0.25) is 0 Å². The summed E-state index contributed by atoms with van der Waals surface area (Å²) < 4.78 is 0. The van der Waals surface area contributed by atoms with Crippen molar-refractivity contribution in [2.75, 3.05) is 13.3 Å². The summed E-state index contributed by atoms with van der Waals surface area (Å²) in [6, 6.07) is 12.4. The lowest BCUT2D eigenvalue weighted by molar-refractivity contribution is 0.252. The minimum atomic E-state index is -0.0190. The molecule has 124 valence electrons. The third kappa shape index (κ3) is 3.52. The molecule has 1 atom stereocenters. The van der Waals surface area contributed by atoms with Gasteiger partial charge in [-0.3, -0.25) is 14.7 Å². The number of aromatic nitrogens is 2. The van der Waals surface area contributed by atoms with Crippen LogP contribution in [0.15, 0.2) is 58.5 Å². The topological polar surface area (TPSA) is 49.0 Å². The van der Waals surface area contributed by atoms with Crippen molar-refractivity contribution in [1.82, 2.24) is 14.9 Å². The van der Waals surface area contributed by atoms with Crippen LogP contribution in [0.1, 0.15) is 24.1 Å². The lowest BCUT2D eigenvalue weighted by atomic mass is 10.1. The van der Waals surface area contributed by atoms with Crippen molar-refractivity contribution in [1.29, 1.82) is 0 Å². The van der Waals surface area contributed by atoms with Crippen LogP contribution in [0.4, 0.5) is 0 Å². The molecule has 0 radical (unpaired) electrons. The maximum atomic E-state index is 12.4. The van der Waals surface area contributed by atoms with Crippen LogP contribution < -0.4 is 5.56 Å². The van der Waals surface area contributed by atoms with Gasteiger partial charge in [0.05, 0.1) is 0 Å². The normalized spacial score (nSPS) is 12.7. The zero-order valence-corrected chi connectivity index (χ0v) is 14.9. The summed E-state index contributed by atoms with van der Waals surface area (Å²) in [6.07, 6.45) is 5.63. The maximum absolute atomic E-state index is 12.4. The van der Waals surface area contributed by atoms with Gasteiger partial charge in [0.25, 0.3) is 5.56 Å². The second-order valence-corrected chi connectivity index (χ2v) is 6.83. The molecule has 3 rings (SSSR count). The second-order valence-electron chi connectivity index (χ2n) is 5.95. The van der Waals surface area contributed by atoms with Gasteiger partial charge in [-0.2, -0.15) is 0 Å². The van der Waals surface area contributed by atoms with Gasteiger partial charge in [0.15, 0.2) is 0 Å². The number of nitrogens with one attached hydrogen (secondary N) is 1. The van der Waals surface area contributed by atoms with Crippen molar-refractivity contribution >= 4 is 22.7 Å². The van der Waals surface area contributed by atoms with Gasteiger partial charge in [-0.05, 0) is 61.5 Å². The van der Waals surface area contributed by atoms with Crippen LogP contribution in [0.5, 0.6) is 0 Å².